The molecule has 0 aliphatic rings. The summed E-state index contributed by atoms with van der Waals surface area (Å²) in [5.74, 6) is -0.721. The molecule has 21 heavy (non-hydrogen) atoms. The highest BCUT2D eigenvalue weighted by Crippen LogP contribution is 2.25. The molecule has 0 aromatic carbocycles. The summed E-state index contributed by atoms with van der Waals surface area (Å²) < 4.78 is 5.18. The van der Waals surface area contributed by atoms with E-state index in [9.17, 15) is 9.59 Å². The molecule has 0 aliphatic heterocycles. The molecule has 0 spiro atoms. The molecule has 2 heterocycles. The molecular formula is C14H16N2O4S. The van der Waals surface area contributed by atoms with Gasteiger partial charge in [0.2, 0.25) is 0 Å². The SMILES string of the molecule is CCN(C(=O)c1cc(-c2cccs2)on1)C(C)CC(=O)O. The number of carbonyl (C=O) groups excluding carboxylic acids is 1. The standard InChI is InChI=1S/C14H16N2O4S/c1-3-16(9(2)7-13(17)18)14(19)10-8-11(20-15-10)12-5-4-6-21-12/h4-6,8-9H,3,7H2,1-2H3,(H,17,18). The first-order chi connectivity index (χ1) is 10.0. The summed E-state index contributed by atoms with van der Waals surface area (Å²) in [4.78, 5) is 25.5. The van der Waals surface area contributed by atoms with Crippen molar-refractivity contribution in [3.63, 3.8) is 0 Å². The van der Waals surface area contributed by atoms with E-state index >= 15 is 0 Å². The predicted molar refractivity (Wildman–Crippen MR) is 78.2 cm³/mol. The topological polar surface area (TPSA) is 83.6 Å². The second kappa shape index (κ2) is 6.53. The van der Waals surface area contributed by atoms with Crippen molar-refractivity contribution in [3.8, 4) is 10.6 Å². The number of carboxylic acid groups (broad SMARTS) is 1. The van der Waals surface area contributed by atoms with E-state index < -0.39 is 12.0 Å². The van der Waals surface area contributed by atoms with Crippen LogP contribution in [0, 0.1) is 0 Å². The van der Waals surface area contributed by atoms with E-state index in [0.29, 0.717) is 12.3 Å². The van der Waals surface area contributed by atoms with Gasteiger partial charge in [-0.3, -0.25) is 9.59 Å². The van der Waals surface area contributed by atoms with Gasteiger partial charge in [-0.05, 0) is 25.3 Å². The fourth-order valence-corrected chi connectivity index (χ4v) is 2.75. The van der Waals surface area contributed by atoms with Gasteiger partial charge in [-0.15, -0.1) is 11.3 Å². The lowest BCUT2D eigenvalue weighted by Crippen LogP contribution is -2.39. The average Bonchev–Trinajstić information content (AvgIpc) is 3.09. The third kappa shape index (κ3) is 3.49. The maximum absolute atomic E-state index is 12.4. The fourth-order valence-electron chi connectivity index (χ4n) is 2.08. The largest absolute Gasteiger partial charge is 0.481 e. The molecule has 2 rings (SSSR count). The zero-order chi connectivity index (χ0) is 15.4. The molecule has 0 bridgehead atoms. The Bertz CT molecular complexity index is 621. The Balaban J connectivity index is 2.16. The van der Waals surface area contributed by atoms with E-state index in [0.717, 1.165) is 4.88 Å². The Kier molecular flexibility index (Phi) is 4.74. The van der Waals surface area contributed by atoms with E-state index in [1.807, 2.05) is 17.5 Å². The maximum atomic E-state index is 12.4. The van der Waals surface area contributed by atoms with Crippen molar-refractivity contribution in [1.29, 1.82) is 0 Å². The highest BCUT2D eigenvalue weighted by atomic mass is 32.1. The Morgan fingerprint density at radius 1 is 1.52 bits per heavy atom. The molecule has 1 N–H and O–H groups in total. The lowest BCUT2D eigenvalue weighted by Gasteiger charge is -2.25. The molecule has 1 unspecified atom stereocenters. The number of thiophene rings is 1. The van der Waals surface area contributed by atoms with E-state index in [4.69, 9.17) is 9.63 Å². The highest BCUT2D eigenvalue weighted by molar-refractivity contribution is 7.13. The van der Waals surface area contributed by atoms with Crippen LogP contribution in [0.5, 0.6) is 0 Å². The second-order valence-corrected chi connectivity index (χ2v) is 5.54. The monoisotopic (exact) mass is 308 g/mol. The van der Waals surface area contributed by atoms with Crippen LogP contribution in [0.3, 0.4) is 0 Å². The minimum atomic E-state index is -0.937. The number of aliphatic carboxylic acids is 1. The van der Waals surface area contributed by atoms with Crippen molar-refractivity contribution in [2.24, 2.45) is 0 Å². The van der Waals surface area contributed by atoms with Crippen LogP contribution in [-0.4, -0.2) is 39.6 Å². The zero-order valence-electron chi connectivity index (χ0n) is 11.8. The van der Waals surface area contributed by atoms with Gasteiger partial charge in [-0.25, -0.2) is 0 Å². The van der Waals surface area contributed by atoms with Crippen molar-refractivity contribution >= 4 is 23.2 Å². The van der Waals surface area contributed by atoms with Crippen molar-refractivity contribution in [2.75, 3.05) is 6.54 Å². The normalized spacial score (nSPS) is 12.1. The maximum Gasteiger partial charge on any atom is 0.305 e. The van der Waals surface area contributed by atoms with Crippen LogP contribution in [0.25, 0.3) is 10.6 Å². The first-order valence-corrected chi connectivity index (χ1v) is 7.44. The number of carboxylic acids is 1. The summed E-state index contributed by atoms with van der Waals surface area (Å²) in [5, 5.41) is 14.5. The third-order valence-electron chi connectivity index (χ3n) is 3.10. The number of nitrogens with zero attached hydrogens (tertiary/aromatic N) is 2. The zero-order valence-corrected chi connectivity index (χ0v) is 12.6. The Labute approximate surface area is 126 Å². The van der Waals surface area contributed by atoms with Crippen molar-refractivity contribution in [2.45, 2.75) is 26.3 Å². The molecule has 1 amide bonds. The molecule has 112 valence electrons. The third-order valence-corrected chi connectivity index (χ3v) is 3.98. The molecule has 7 heteroatoms. The average molecular weight is 308 g/mol. The van der Waals surface area contributed by atoms with Crippen molar-refractivity contribution in [1.82, 2.24) is 10.1 Å². The van der Waals surface area contributed by atoms with Gasteiger partial charge >= 0.3 is 5.97 Å². The summed E-state index contributed by atoms with van der Waals surface area (Å²) in [6.45, 7) is 3.92. The van der Waals surface area contributed by atoms with E-state index in [1.54, 1.807) is 19.9 Å². The molecular weight excluding hydrogens is 292 g/mol. The van der Waals surface area contributed by atoms with Crippen LogP contribution >= 0.6 is 11.3 Å². The molecule has 6 nitrogen and oxygen atoms in total. The van der Waals surface area contributed by atoms with Crippen molar-refractivity contribution < 1.29 is 19.2 Å². The quantitative estimate of drug-likeness (QED) is 0.887. The molecule has 0 fully saturated rings. The number of hydrogen-bond donors (Lipinski definition) is 1. The van der Waals surface area contributed by atoms with E-state index in [2.05, 4.69) is 5.16 Å². The highest BCUT2D eigenvalue weighted by Gasteiger charge is 2.25. The smallest absolute Gasteiger partial charge is 0.305 e. The Morgan fingerprint density at radius 2 is 2.29 bits per heavy atom. The minimum absolute atomic E-state index is 0.102. The van der Waals surface area contributed by atoms with Gasteiger partial charge in [0.25, 0.3) is 5.91 Å². The summed E-state index contributed by atoms with van der Waals surface area (Å²) in [7, 11) is 0. The molecule has 2 aromatic rings. The van der Waals surface area contributed by atoms with E-state index in [-0.39, 0.29) is 18.0 Å². The summed E-state index contributed by atoms with van der Waals surface area (Å²) in [5.41, 5.74) is 0.192. The van der Waals surface area contributed by atoms with Crippen LogP contribution in [-0.2, 0) is 4.79 Å². The fraction of sp³-hybridized carbons (Fsp3) is 0.357. The van der Waals surface area contributed by atoms with Gasteiger partial charge in [0.05, 0.1) is 11.3 Å². The van der Waals surface area contributed by atoms with Gasteiger partial charge in [0, 0.05) is 18.7 Å². The molecule has 1 atom stereocenters. The Hall–Kier alpha value is -2.15. The van der Waals surface area contributed by atoms with Gasteiger partial charge in [-0.1, -0.05) is 11.2 Å². The first-order valence-electron chi connectivity index (χ1n) is 6.56. The van der Waals surface area contributed by atoms with Gasteiger partial charge in [0.1, 0.15) is 0 Å². The minimum Gasteiger partial charge on any atom is -0.481 e. The number of amides is 1. The van der Waals surface area contributed by atoms with Gasteiger partial charge in [0.15, 0.2) is 11.5 Å². The van der Waals surface area contributed by atoms with Crippen LogP contribution in [0.4, 0.5) is 0 Å². The van der Waals surface area contributed by atoms with Crippen LogP contribution in [0.1, 0.15) is 30.8 Å². The van der Waals surface area contributed by atoms with Crippen LogP contribution in [0.15, 0.2) is 28.1 Å². The van der Waals surface area contributed by atoms with Gasteiger partial charge in [-0.2, -0.15) is 0 Å². The number of aromatic nitrogens is 1. The lowest BCUT2D eigenvalue weighted by molar-refractivity contribution is -0.138. The molecule has 0 radical (unpaired) electrons. The van der Waals surface area contributed by atoms with Crippen LogP contribution < -0.4 is 0 Å². The lowest BCUT2D eigenvalue weighted by atomic mass is 10.2. The molecule has 0 saturated carbocycles. The number of rotatable bonds is 6. The van der Waals surface area contributed by atoms with Gasteiger partial charge < -0.3 is 14.5 Å². The van der Waals surface area contributed by atoms with Crippen molar-refractivity contribution in [3.05, 3.63) is 29.3 Å². The Morgan fingerprint density at radius 3 is 2.86 bits per heavy atom. The van der Waals surface area contributed by atoms with Crippen LogP contribution in [0.2, 0.25) is 0 Å². The summed E-state index contributed by atoms with van der Waals surface area (Å²) >= 11 is 1.49. The number of carbonyl (C=O) groups is 2. The second-order valence-electron chi connectivity index (χ2n) is 4.59. The van der Waals surface area contributed by atoms with E-state index in [1.165, 1.54) is 16.2 Å². The summed E-state index contributed by atoms with van der Waals surface area (Å²) in [6.07, 6.45) is -0.102. The molecule has 0 aliphatic carbocycles. The predicted octanol–water partition coefficient (Wildman–Crippen LogP) is 2.73. The number of hydrogen-bond acceptors (Lipinski definition) is 5. The molecule has 0 saturated heterocycles. The molecule has 2 aromatic heterocycles. The summed E-state index contributed by atoms with van der Waals surface area (Å²) in [6, 6.07) is 4.95. The first kappa shape index (κ1) is 15.2.